The van der Waals surface area contributed by atoms with Gasteiger partial charge < -0.3 is 14.6 Å². The van der Waals surface area contributed by atoms with E-state index in [0.717, 1.165) is 9.80 Å². The standard InChI is InChI=1S/C32H24N2O7/c1-40-27-14-8-9-23(28(27)41-20-21-15-17-22(18-16-21)31(37)38)19-26-29(35)33(24-10-4-2-5-11-24)32(39)34(30(26)36)25-12-6-3-7-13-25/h2-19H,20H2,1H3,(H,37,38). The van der Waals surface area contributed by atoms with Crippen LogP contribution in [0.2, 0.25) is 0 Å². The van der Waals surface area contributed by atoms with Gasteiger partial charge in [0.2, 0.25) is 0 Å². The van der Waals surface area contributed by atoms with Gasteiger partial charge in [0.1, 0.15) is 12.2 Å². The van der Waals surface area contributed by atoms with E-state index in [-0.39, 0.29) is 23.5 Å². The smallest absolute Gasteiger partial charge is 0.343 e. The number of anilines is 2. The van der Waals surface area contributed by atoms with Crippen molar-refractivity contribution in [2.75, 3.05) is 16.9 Å². The van der Waals surface area contributed by atoms with E-state index in [1.54, 1.807) is 91.0 Å². The lowest BCUT2D eigenvalue weighted by Gasteiger charge is -2.34. The molecule has 1 aliphatic rings. The number of methoxy groups -OCH3 is 1. The van der Waals surface area contributed by atoms with Gasteiger partial charge in [-0.2, -0.15) is 0 Å². The van der Waals surface area contributed by atoms with Crippen LogP contribution < -0.4 is 19.3 Å². The second-order valence-corrected chi connectivity index (χ2v) is 8.96. The van der Waals surface area contributed by atoms with E-state index in [2.05, 4.69) is 0 Å². The molecule has 0 aromatic heterocycles. The maximum absolute atomic E-state index is 13.7. The third kappa shape index (κ3) is 5.41. The third-order valence-electron chi connectivity index (χ3n) is 6.39. The zero-order chi connectivity index (χ0) is 28.9. The van der Waals surface area contributed by atoms with E-state index in [4.69, 9.17) is 14.6 Å². The van der Waals surface area contributed by atoms with Gasteiger partial charge in [0.25, 0.3) is 11.8 Å². The van der Waals surface area contributed by atoms with Crippen molar-refractivity contribution in [1.82, 2.24) is 0 Å². The molecule has 204 valence electrons. The molecule has 0 bridgehead atoms. The van der Waals surface area contributed by atoms with Crippen LogP contribution in [-0.2, 0) is 16.2 Å². The van der Waals surface area contributed by atoms with Crippen LogP contribution in [0, 0.1) is 0 Å². The van der Waals surface area contributed by atoms with Crippen LogP contribution in [0.3, 0.4) is 0 Å². The lowest BCUT2D eigenvalue weighted by molar-refractivity contribution is -0.121. The Kier molecular flexibility index (Phi) is 7.60. The number of ether oxygens (including phenoxy) is 2. The van der Waals surface area contributed by atoms with Crippen molar-refractivity contribution in [2.45, 2.75) is 6.61 Å². The summed E-state index contributed by atoms with van der Waals surface area (Å²) >= 11 is 0. The number of para-hydroxylation sites is 3. The van der Waals surface area contributed by atoms with Gasteiger partial charge in [-0.3, -0.25) is 9.59 Å². The van der Waals surface area contributed by atoms with Crippen LogP contribution in [0.25, 0.3) is 6.08 Å². The largest absolute Gasteiger partial charge is 0.493 e. The summed E-state index contributed by atoms with van der Waals surface area (Å²) in [5.74, 6) is -1.98. The molecule has 0 spiro atoms. The molecule has 4 aromatic carbocycles. The topological polar surface area (TPSA) is 113 Å². The molecule has 1 aliphatic heterocycles. The number of carboxylic acid groups (broad SMARTS) is 1. The number of rotatable bonds is 8. The van der Waals surface area contributed by atoms with Crippen molar-refractivity contribution < 1.29 is 33.8 Å². The van der Waals surface area contributed by atoms with Crippen LogP contribution >= 0.6 is 0 Å². The normalized spacial score (nSPS) is 13.3. The van der Waals surface area contributed by atoms with Crippen molar-refractivity contribution in [3.8, 4) is 11.5 Å². The van der Waals surface area contributed by atoms with E-state index >= 15 is 0 Å². The number of nitrogens with zero attached hydrogens (tertiary/aromatic N) is 2. The highest BCUT2D eigenvalue weighted by Crippen LogP contribution is 2.35. The van der Waals surface area contributed by atoms with Crippen LogP contribution in [0.15, 0.2) is 109 Å². The Bertz CT molecular complexity index is 1590. The Morgan fingerprint density at radius 3 is 1.83 bits per heavy atom. The second kappa shape index (κ2) is 11.6. The van der Waals surface area contributed by atoms with Gasteiger partial charge in [0.05, 0.1) is 24.0 Å². The van der Waals surface area contributed by atoms with Gasteiger partial charge in [-0.1, -0.05) is 60.7 Å². The van der Waals surface area contributed by atoms with Gasteiger partial charge in [-0.05, 0) is 54.1 Å². The first-order chi connectivity index (χ1) is 19.9. The number of hydrogen-bond donors (Lipinski definition) is 1. The number of amides is 4. The molecule has 0 saturated carbocycles. The Morgan fingerprint density at radius 1 is 0.756 bits per heavy atom. The molecule has 4 aromatic rings. The lowest BCUT2D eigenvalue weighted by atomic mass is 10.0. The second-order valence-electron chi connectivity index (χ2n) is 8.96. The highest BCUT2D eigenvalue weighted by atomic mass is 16.5. The number of urea groups is 1. The van der Waals surface area contributed by atoms with Crippen molar-refractivity contribution in [3.63, 3.8) is 0 Å². The van der Waals surface area contributed by atoms with E-state index in [0.29, 0.717) is 28.3 Å². The third-order valence-corrected chi connectivity index (χ3v) is 6.39. The first kappa shape index (κ1) is 26.9. The van der Waals surface area contributed by atoms with E-state index in [1.807, 2.05) is 0 Å². The van der Waals surface area contributed by atoms with E-state index in [9.17, 15) is 19.2 Å². The first-order valence-corrected chi connectivity index (χ1v) is 12.6. The summed E-state index contributed by atoms with van der Waals surface area (Å²) in [5, 5.41) is 9.15. The SMILES string of the molecule is COc1cccc(C=C2C(=O)N(c3ccccc3)C(=O)N(c3ccccc3)C2=O)c1OCc1ccc(C(=O)O)cc1. The zero-order valence-corrected chi connectivity index (χ0v) is 21.9. The number of aromatic carboxylic acids is 1. The molecule has 1 heterocycles. The molecule has 9 heteroatoms. The number of carbonyl (C=O) groups is 4. The van der Waals surface area contributed by atoms with Crippen LogP contribution in [-0.4, -0.2) is 36.0 Å². The predicted octanol–water partition coefficient (Wildman–Crippen LogP) is 5.56. The zero-order valence-electron chi connectivity index (χ0n) is 21.9. The van der Waals surface area contributed by atoms with Gasteiger partial charge in [-0.15, -0.1) is 0 Å². The highest BCUT2D eigenvalue weighted by Gasteiger charge is 2.43. The molecule has 0 atom stereocenters. The molecule has 41 heavy (non-hydrogen) atoms. The van der Waals surface area contributed by atoms with Gasteiger partial charge in [0, 0.05) is 5.56 Å². The van der Waals surface area contributed by atoms with Crippen molar-refractivity contribution in [1.29, 1.82) is 0 Å². The Labute approximate surface area is 235 Å². The van der Waals surface area contributed by atoms with Crippen molar-refractivity contribution in [2.24, 2.45) is 0 Å². The lowest BCUT2D eigenvalue weighted by Crippen LogP contribution is -2.57. The summed E-state index contributed by atoms with van der Waals surface area (Å²) in [5.41, 5.74) is 1.59. The van der Waals surface area contributed by atoms with E-state index < -0.39 is 23.8 Å². The molecule has 0 aliphatic carbocycles. The Morgan fingerprint density at radius 2 is 1.32 bits per heavy atom. The molecule has 9 nitrogen and oxygen atoms in total. The summed E-state index contributed by atoms with van der Waals surface area (Å²) in [6.45, 7) is 0.0586. The summed E-state index contributed by atoms with van der Waals surface area (Å²) in [4.78, 5) is 54.1. The average Bonchev–Trinajstić information content (AvgIpc) is 2.99. The molecule has 5 rings (SSSR count). The number of barbiturate groups is 1. The van der Waals surface area contributed by atoms with E-state index in [1.165, 1.54) is 25.3 Å². The fourth-order valence-corrected chi connectivity index (χ4v) is 4.36. The van der Waals surface area contributed by atoms with Crippen molar-refractivity contribution >= 4 is 41.3 Å². The van der Waals surface area contributed by atoms with Crippen LogP contribution in [0.5, 0.6) is 11.5 Å². The minimum absolute atomic E-state index is 0.0586. The van der Waals surface area contributed by atoms with Crippen molar-refractivity contribution in [3.05, 3.63) is 125 Å². The fraction of sp³-hybridized carbons (Fsp3) is 0.0625. The highest BCUT2D eigenvalue weighted by molar-refractivity contribution is 6.46. The fourth-order valence-electron chi connectivity index (χ4n) is 4.36. The molecule has 0 radical (unpaired) electrons. The van der Waals surface area contributed by atoms with Crippen LogP contribution in [0.4, 0.5) is 16.2 Å². The molecule has 1 N–H and O–H groups in total. The summed E-state index contributed by atoms with van der Waals surface area (Å²) in [6.07, 6.45) is 1.38. The molecular weight excluding hydrogens is 524 g/mol. The maximum atomic E-state index is 13.7. The number of carbonyl (C=O) groups excluding carboxylic acids is 3. The molecule has 0 unspecified atom stereocenters. The molecule has 1 fully saturated rings. The maximum Gasteiger partial charge on any atom is 0.343 e. The number of benzene rings is 4. The summed E-state index contributed by atoms with van der Waals surface area (Å²) in [6, 6.07) is 27.2. The van der Waals surface area contributed by atoms with Gasteiger partial charge in [-0.25, -0.2) is 19.4 Å². The summed E-state index contributed by atoms with van der Waals surface area (Å²) < 4.78 is 11.6. The number of carboxylic acids is 1. The minimum atomic E-state index is -1.04. The Hall–Kier alpha value is -5.70. The number of hydrogen-bond acceptors (Lipinski definition) is 6. The van der Waals surface area contributed by atoms with Crippen LogP contribution in [0.1, 0.15) is 21.5 Å². The monoisotopic (exact) mass is 548 g/mol. The first-order valence-electron chi connectivity index (χ1n) is 12.6. The Balaban J connectivity index is 1.56. The molecular formula is C32H24N2O7. The predicted molar refractivity (Wildman–Crippen MR) is 152 cm³/mol. The quantitative estimate of drug-likeness (QED) is 0.227. The van der Waals surface area contributed by atoms with Gasteiger partial charge >= 0.3 is 12.0 Å². The minimum Gasteiger partial charge on any atom is -0.493 e. The van der Waals surface area contributed by atoms with Gasteiger partial charge in [0.15, 0.2) is 11.5 Å². The molecule has 4 amide bonds. The average molecular weight is 549 g/mol. The molecule has 1 saturated heterocycles. The summed E-state index contributed by atoms with van der Waals surface area (Å²) in [7, 11) is 1.46. The number of imide groups is 2.